The molecule has 4 rings (SSSR count). The summed E-state index contributed by atoms with van der Waals surface area (Å²) in [6.07, 6.45) is 1.03. The first-order chi connectivity index (χ1) is 12.9. The molecule has 0 fully saturated rings. The van der Waals surface area contributed by atoms with E-state index in [0.29, 0.717) is 0 Å². The Morgan fingerprint density at radius 2 is 0.704 bits per heavy atom. The third kappa shape index (κ3) is 4.05. The molecule has 0 spiro atoms. The molecule has 134 valence electrons. The summed E-state index contributed by atoms with van der Waals surface area (Å²) in [5, 5.41) is 4.30. The summed E-state index contributed by atoms with van der Waals surface area (Å²) in [4.78, 5) is 0. The molecule has 0 bridgehead atoms. The fourth-order valence-electron chi connectivity index (χ4n) is 3.63. The maximum atomic E-state index is 2.30. The maximum absolute atomic E-state index is 2.30. The van der Waals surface area contributed by atoms with Crippen LogP contribution in [0.4, 0.5) is 0 Å². The van der Waals surface area contributed by atoms with Crippen molar-refractivity contribution in [3.05, 3.63) is 127 Å². The van der Waals surface area contributed by atoms with Gasteiger partial charge in [0.2, 0.25) is 0 Å². The van der Waals surface area contributed by atoms with Crippen LogP contribution in [0.5, 0.6) is 0 Å². The van der Waals surface area contributed by atoms with Gasteiger partial charge in [-0.05, 0) is 42.0 Å². The second-order valence-corrected chi connectivity index (χ2v) is 9.95. The van der Waals surface area contributed by atoms with Gasteiger partial charge in [-0.2, -0.15) is 0 Å². The number of benzene rings is 4. The zero-order valence-corrected chi connectivity index (χ0v) is 17.7. The molecule has 0 saturated heterocycles. The highest BCUT2D eigenvalue weighted by molar-refractivity contribution is 8.93. The van der Waals surface area contributed by atoms with Gasteiger partial charge in [0.25, 0.3) is 0 Å². The first-order valence-electron chi connectivity index (χ1n) is 8.98. The lowest BCUT2D eigenvalue weighted by Gasteiger charge is -2.27. The van der Waals surface area contributed by atoms with Crippen molar-refractivity contribution in [1.29, 1.82) is 0 Å². The molecule has 0 unspecified atom stereocenters. The van der Waals surface area contributed by atoms with Crippen LogP contribution in [0.3, 0.4) is 0 Å². The molecule has 4 aromatic rings. The van der Waals surface area contributed by atoms with E-state index in [1.54, 1.807) is 0 Å². The van der Waals surface area contributed by atoms with E-state index in [9.17, 15) is 0 Å². The Morgan fingerprint density at radius 1 is 0.407 bits per heavy atom. The Hall–Kier alpha value is -2.21. The lowest BCUT2D eigenvalue weighted by atomic mass is 10.2. The van der Waals surface area contributed by atoms with Crippen LogP contribution in [0.25, 0.3) is 0 Å². The van der Waals surface area contributed by atoms with Crippen molar-refractivity contribution < 1.29 is 0 Å². The fraction of sp³-hybridized carbons (Fsp3) is 0.0400. The number of hydrogen-bond acceptors (Lipinski definition) is 0. The minimum Gasteiger partial charge on any atom is -0.114 e. The van der Waals surface area contributed by atoms with Crippen LogP contribution in [-0.4, -0.2) is 0 Å². The Balaban J connectivity index is 0.00000210. The number of rotatable bonds is 5. The molecule has 0 aliphatic rings. The van der Waals surface area contributed by atoms with E-state index < -0.39 is 7.26 Å². The zero-order chi connectivity index (χ0) is 17.7. The first kappa shape index (κ1) is 19.5. The van der Waals surface area contributed by atoms with Gasteiger partial charge < -0.3 is 0 Å². The molecule has 0 radical (unpaired) electrons. The van der Waals surface area contributed by atoms with Crippen LogP contribution < -0.4 is 15.9 Å². The molecule has 2 heteroatoms. The van der Waals surface area contributed by atoms with Crippen molar-refractivity contribution in [1.82, 2.24) is 0 Å². The van der Waals surface area contributed by atoms with E-state index in [1.807, 2.05) is 0 Å². The van der Waals surface area contributed by atoms with Gasteiger partial charge in [0.15, 0.2) is 0 Å². The predicted molar refractivity (Wildman–Crippen MR) is 126 cm³/mol. The van der Waals surface area contributed by atoms with Gasteiger partial charge in [0.1, 0.15) is 23.2 Å². The van der Waals surface area contributed by atoms with E-state index in [4.69, 9.17) is 0 Å². The number of hydrogen-bond donors (Lipinski definition) is 0. The smallest absolute Gasteiger partial charge is 0.114 e. The van der Waals surface area contributed by atoms with Gasteiger partial charge in [0, 0.05) is 0 Å². The van der Waals surface area contributed by atoms with Gasteiger partial charge >= 0.3 is 0 Å². The third-order valence-corrected chi connectivity index (χ3v) is 9.23. The molecule has 0 aliphatic heterocycles. The zero-order valence-electron chi connectivity index (χ0n) is 15.1. The standard InChI is InChI=1S/C25H22P.BrH/c1-5-13-22(14-6-1)21-26(23-15-7-2-8-16-23,24-17-9-3-10-18-24)25-19-11-4-12-20-25;/h1-20H,21H2;1H/q+1;. The van der Waals surface area contributed by atoms with Crippen molar-refractivity contribution in [2.75, 3.05) is 0 Å². The second-order valence-electron chi connectivity index (χ2n) is 6.46. The molecule has 0 saturated carbocycles. The Bertz CT molecular complexity index is 842. The highest BCUT2D eigenvalue weighted by Crippen LogP contribution is 2.58. The van der Waals surface area contributed by atoms with Gasteiger partial charge in [-0.15, -0.1) is 17.0 Å². The summed E-state index contributed by atoms with van der Waals surface area (Å²) in [6, 6.07) is 44.0. The SMILES string of the molecule is Br.c1ccc(C[P+](c2ccccc2)(c2ccccc2)c2ccccc2)cc1. The van der Waals surface area contributed by atoms with Crippen LogP contribution in [0, 0.1) is 0 Å². The van der Waals surface area contributed by atoms with Crippen LogP contribution in [0.15, 0.2) is 121 Å². The second kappa shape index (κ2) is 9.13. The topological polar surface area (TPSA) is 0 Å². The monoisotopic (exact) mass is 433 g/mol. The van der Waals surface area contributed by atoms with Crippen molar-refractivity contribution in [3.63, 3.8) is 0 Å². The van der Waals surface area contributed by atoms with Crippen molar-refractivity contribution in [2.45, 2.75) is 6.16 Å². The van der Waals surface area contributed by atoms with Crippen LogP contribution in [0.1, 0.15) is 5.56 Å². The molecule has 4 aromatic carbocycles. The average Bonchev–Trinajstić information content (AvgIpc) is 2.75. The fourth-order valence-corrected chi connectivity index (χ4v) is 7.87. The normalized spacial score (nSPS) is 10.8. The molecular formula is C25H23BrP+. The molecular weight excluding hydrogens is 411 g/mol. The molecule has 0 amide bonds. The molecule has 27 heavy (non-hydrogen) atoms. The van der Waals surface area contributed by atoms with E-state index in [-0.39, 0.29) is 17.0 Å². The van der Waals surface area contributed by atoms with Crippen LogP contribution >= 0.6 is 24.2 Å². The largest absolute Gasteiger partial charge is 0.116 e. The first-order valence-corrected chi connectivity index (χ1v) is 11.0. The predicted octanol–water partition coefficient (Wildman–Crippen LogP) is 5.76. The van der Waals surface area contributed by atoms with Gasteiger partial charge in [0.05, 0.1) is 6.16 Å². The molecule has 0 atom stereocenters. The van der Waals surface area contributed by atoms with Gasteiger partial charge in [-0.25, -0.2) is 0 Å². The van der Waals surface area contributed by atoms with E-state index in [2.05, 4.69) is 121 Å². The van der Waals surface area contributed by atoms with Crippen molar-refractivity contribution >= 4 is 40.2 Å². The molecule has 0 nitrogen and oxygen atoms in total. The molecule has 0 aliphatic carbocycles. The Labute approximate surface area is 173 Å². The molecule has 0 heterocycles. The minimum atomic E-state index is -1.78. The van der Waals surface area contributed by atoms with Gasteiger partial charge in [-0.1, -0.05) is 84.9 Å². The highest BCUT2D eigenvalue weighted by atomic mass is 79.9. The average molecular weight is 434 g/mol. The van der Waals surface area contributed by atoms with E-state index in [0.717, 1.165) is 6.16 Å². The lowest BCUT2D eigenvalue weighted by Crippen LogP contribution is -2.32. The van der Waals surface area contributed by atoms with Gasteiger partial charge in [-0.3, -0.25) is 0 Å². The van der Waals surface area contributed by atoms with Crippen LogP contribution in [-0.2, 0) is 6.16 Å². The Morgan fingerprint density at radius 3 is 1.04 bits per heavy atom. The summed E-state index contributed by atoms with van der Waals surface area (Å²) in [7, 11) is -1.78. The summed E-state index contributed by atoms with van der Waals surface area (Å²) in [5.74, 6) is 0. The number of halogens is 1. The lowest BCUT2D eigenvalue weighted by molar-refractivity contribution is 1.39. The summed E-state index contributed by atoms with van der Waals surface area (Å²) < 4.78 is 0. The summed E-state index contributed by atoms with van der Waals surface area (Å²) in [5.41, 5.74) is 1.39. The molecule has 0 N–H and O–H groups in total. The maximum Gasteiger partial charge on any atom is 0.116 e. The minimum absolute atomic E-state index is 0. The van der Waals surface area contributed by atoms with Crippen molar-refractivity contribution in [2.24, 2.45) is 0 Å². The van der Waals surface area contributed by atoms with Crippen molar-refractivity contribution in [3.8, 4) is 0 Å². The summed E-state index contributed by atoms with van der Waals surface area (Å²) in [6.45, 7) is 0. The summed E-state index contributed by atoms with van der Waals surface area (Å²) >= 11 is 0. The Kier molecular flexibility index (Phi) is 6.61. The highest BCUT2D eigenvalue weighted by Gasteiger charge is 2.45. The van der Waals surface area contributed by atoms with E-state index in [1.165, 1.54) is 21.5 Å². The van der Waals surface area contributed by atoms with Crippen LogP contribution in [0.2, 0.25) is 0 Å². The third-order valence-electron chi connectivity index (χ3n) is 4.85. The quantitative estimate of drug-likeness (QED) is 0.351. The molecule has 0 aromatic heterocycles. The van der Waals surface area contributed by atoms with E-state index >= 15 is 0 Å².